The van der Waals surface area contributed by atoms with E-state index in [2.05, 4.69) is 24.3 Å². The van der Waals surface area contributed by atoms with Gasteiger partial charge in [0.1, 0.15) is 6.10 Å². The van der Waals surface area contributed by atoms with E-state index >= 15 is 0 Å². The lowest BCUT2D eigenvalue weighted by Gasteiger charge is -2.17. The second kappa shape index (κ2) is 4.56. The van der Waals surface area contributed by atoms with Gasteiger partial charge in [0.25, 0.3) is 0 Å². The molecule has 0 bridgehead atoms. The van der Waals surface area contributed by atoms with Crippen LogP contribution in [0.1, 0.15) is 22.9 Å². The Morgan fingerprint density at radius 3 is 2.53 bits per heavy atom. The minimum atomic E-state index is -0.592. The molecule has 1 aromatic heterocycles. The topological polar surface area (TPSA) is 25.2 Å². The van der Waals surface area contributed by atoms with Gasteiger partial charge >= 0.3 is 0 Å². The molecule has 0 saturated heterocycles. The molecule has 0 spiro atoms. The summed E-state index contributed by atoms with van der Waals surface area (Å²) in [6.45, 7) is 2.05. The quantitative estimate of drug-likeness (QED) is 0.740. The molecule has 0 fully saturated rings. The Labute approximate surface area is 112 Å². The zero-order chi connectivity index (χ0) is 13.4. The van der Waals surface area contributed by atoms with E-state index in [1.165, 1.54) is 0 Å². The predicted octanol–water partition coefficient (Wildman–Crippen LogP) is 3.57. The first-order valence-electron chi connectivity index (χ1n) is 6.46. The Bertz CT molecular complexity index is 727. The van der Waals surface area contributed by atoms with Crippen LogP contribution in [0.3, 0.4) is 0 Å². The van der Waals surface area contributed by atoms with Crippen LogP contribution in [-0.4, -0.2) is 9.67 Å². The van der Waals surface area contributed by atoms with Gasteiger partial charge in [-0.1, -0.05) is 36.4 Å². The molecule has 0 unspecified atom stereocenters. The van der Waals surface area contributed by atoms with Gasteiger partial charge in [0.05, 0.1) is 5.69 Å². The van der Waals surface area contributed by atoms with Gasteiger partial charge in [0.2, 0.25) is 0 Å². The molecule has 19 heavy (non-hydrogen) atoms. The Balaban J connectivity index is 2.24. The molecule has 3 rings (SSSR count). The Morgan fingerprint density at radius 2 is 1.79 bits per heavy atom. The van der Waals surface area contributed by atoms with E-state index in [0.717, 1.165) is 27.6 Å². The third-order valence-electron chi connectivity index (χ3n) is 3.73. The van der Waals surface area contributed by atoms with Gasteiger partial charge in [0, 0.05) is 13.2 Å². The molecule has 0 aliphatic rings. The summed E-state index contributed by atoms with van der Waals surface area (Å²) in [5.74, 6) is 0. The number of rotatable bonds is 2. The van der Waals surface area contributed by atoms with Crippen molar-refractivity contribution in [2.75, 3.05) is 0 Å². The average Bonchev–Trinajstić information content (AvgIpc) is 2.84. The van der Waals surface area contributed by atoms with Gasteiger partial charge in [-0.15, -0.1) is 0 Å². The summed E-state index contributed by atoms with van der Waals surface area (Å²) in [5.41, 5.74) is 3.03. The molecule has 96 valence electrons. The minimum Gasteiger partial charge on any atom is -0.382 e. The maximum Gasteiger partial charge on any atom is 0.120 e. The number of aromatic nitrogens is 1. The number of hydrogen-bond donors (Lipinski definition) is 1. The predicted molar refractivity (Wildman–Crippen MR) is 78.2 cm³/mol. The second-order valence-electron chi connectivity index (χ2n) is 4.96. The van der Waals surface area contributed by atoms with E-state index in [4.69, 9.17) is 0 Å². The summed E-state index contributed by atoms with van der Waals surface area (Å²) in [6, 6.07) is 16.3. The number of nitrogens with zero attached hydrogens (tertiary/aromatic N) is 1. The van der Waals surface area contributed by atoms with Crippen LogP contribution in [-0.2, 0) is 7.05 Å². The third kappa shape index (κ3) is 1.94. The molecule has 1 N–H and O–H groups in total. The highest BCUT2D eigenvalue weighted by Crippen LogP contribution is 2.31. The van der Waals surface area contributed by atoms with E-state index in [9.17, 15) is 5.11 Å². The van der Waals surface area contributed by atoms with Gasteiger partial charge in [-0.2, -0.15) is 0 Å². The zero-order valence-electron chi connectivity index (χ0n) is 11.2. The van der Waals surface area contributed by atoms with Crippen molar-refractivity contribution in [3.05, 3.63) is 71.5 Å². The van der Waals surface area contributed by atoms with Crippen LogP contribution in [0.2, 0.25) is 0 Å². The maximum atomic E-state index is 10.7. The van der Waals surface area contributed by atoms with Crippen molar-refractivity contribution in [3.8, 4) is 0 Å². The summed E-state index contributed by atoms with van der Waals surface area (Å²) < 4.78 is 1.96. The smallest absolute Gasteiger partial charge is 0.120 e. The van der Waals surface area contributed by atoms with Crippen molar-refractivity contribution in [1.82, 2.24) is 4.57 Å². The van der Waals surface area contributed by atoms with Gasteiger partial charge in [-0.25, -0.2) is 0 Å². The molecule has 1 heterocycles. The van der Waals surface area contributed by atoms with E-state index in [0.29, 0.717) is 0 Å². The van der Waals surface area contributed by atoms with E-state index in [1.807, 2.05) is 49.0 Å². The van der Waals surface area contributed by atoms with Gasteiger partial charge in [-0.05, 0) is 41.0 Å². The molecule has 2 heteroatoms. The number of hydrogen-bond acceptors (Lipinski definition) is 1. The molecule has 2 nitrogen and oxygen atoms in total. The van der Waals surface area contributed by atoms with Crippen molar-refractivity contribution in [2.45, 2.75) is 13.0 Å². The van der Waals surface area contributed by atoms with E-state index < -0.39 is 6.10 Å². The fourth-order valence-electron chi connectivity index (χ4n) is 2.67. The SMILES string of the molecule is Cc1ccc2ccccc2c1[C@H](O)c1cccn1C. The van der Waals surface area contributed by atoms with Gasteiger partial charge in [-0.3, -0.25) is 0 Å². The number of aliphatic hydroxyl groups excluding tert-OH is 1. The molecular formula is C17H17NO. The average molecular weight is 251 g/mol. The summed E-state index contributed by atoms with van der Waals surface area (Å²) in [7, 11) is 1.96. The lowest BCUT2D eigenvalue weighted by atomic mass is 9.94. The molecule has 1 atom stereocenters. The largest absolute Gasteiger partial charge is 0.382 e. The third-order valence-corrected chi connectivity index (χ3v) is 3.73. The highest BCUT2D eigenvalue weighted by atomic mass is 16.3. The van der Waals surface area contributed by atoms with Crippen molar-refractivity contribution in [2.24, 2.45) is 7.05 Å². The zero-order valence-corrected chi connectivity index (χ0v) is 11.2. The second-order valence-corrected chi connectivity index (χ2v) is 4.96. The number of aliphatic hydroxyl groups is 1. The maximum absolute atomic E-state index is 10.7. The molecular weight excluding hydrogens is 234 g/mol. The molecule has 3 aromatic rings. The van der Waals surface area contributed by atoms with Crippen LogP contribution < -0.4 is 0 Å². The van der Waals surface area contributed by atoms with Crippen molar-refractivity contribution in [1.29, 1.82) is 0 Å². The van der Waals surface area contributed by atoms with E-state index in [-0.39, 0.29) is 0 Å². The molecule has 0 aliphatic carbocycles. The van der Waals surface area contributed by atoms with Crippen LogP contribution in [0.5, 0.6) is 0 Å². The first-order chi connectivity index (χ1) is 9.18. The van der Waals surface area contributed by atoms with Crippen molar-refractivity contribution < 1.29 is 5.11 Å². The fourth-order valence-corrected chi connectivity index (χ4v) is 2.67. The van der Waals surface area contributed by atoms with Crippen molar-refractivity contribution >= 4 is 10.8 Å². The first kappa shape index (κ1) is 12.0. The Hall–Kier alpha value is -2.06. The van der Waals surface area contributed by atoms with Gasteiger partial charge < -0.3 is 9.67 Å². The molecule has 0 amide bonds. The van der Waals surface area contributed by atoms with Crippen LogP contribution in [0, 0.1) is 6.92 Å². The molecule has 2 aromatic carbocycles. The van der Waals surface area contributed by atoms with Gasteiger partial charge in [0.15, 0.2) is 0 Å². The lowest BCUT2D eigenvalue weighted by Crippen LogP contribution is -2.07. The monoisotopic (exact) mass is 251 g/mol. The minimum absolute atomic E-state index is 0.592. The summed E-state index contributed by atoms with van der Waals surface area (Å²) in [6.07, 6.45) is 1.37. The highest BCUT2D eigenvalue weighted by molar-refractivity contribution is 5.87. The Kier molecular flexibility index (Phi) is 2.88. The van der Waals surface area contributed by atoms with Crippen LogP contribution in [0.25, 0.3) is 10.8 Å². The Morgan fingerprint density at radius 1 is 1.00 bits per heavy atom. The fraction of sp³-hybridized carbons (Fsp3) is 0.176. The molecule has 0 saturated carbocycles. The molecule has 0 radical (unpaired) electrons. The van der Waals surface area contributed by atoms with E-state index in [1.54, 1.807) is 0 Å². The number of fused-ring (bicyclic) bond motifs is 1. The first-order valence-corrected chi connectivity index (χ1v) is 6.46. The number of benzene rings is 2. The lowest BCUT2D eigenvalue weighted by molar-refractivity contribution is 0.212. The summed E-state index contributed by atoms with van der Waals surface area (Å²) in [5, 5.41) is 13.0. The van der Waals surface area contributed by atoms with Crippen LogP contribution >= 0.6 is 0 Å². The van der Waals surface area contributed by atoms with Crippen LogP contribution in [0.4, 0.5) is 0 Å². The van der Waals surface area contributed by atoms with Crippen LogP contribution in [0.15, 0.2) is 54.7 Å². The molecule has 0 aliphatic heterocycles. The summed E-state index contributed by atoms with van der Waals surface area (Å²) in [4.78, 5) is 0. The normalized spacial score (nSPS) is 12.8. The van der Waals surface area contributed by atoms with Crippen molar-refractivity contribution in [3.63, 3.8) is 0 Å². The summed E-state index contributed by atoms with van der Waals surface area (Å²) >= 11 is 0. The standard InChI is InChI=1S/C17H17NO/c1-12-9-10-13-6-3-4-7-14(13)16(12)17(19)15-8-5-11-18(15)2/h3-11,17,19H,1-2H3/t17-/m1/s1. The highest BCUT2D eigenvalue weighted by Gasteiger charge is 2.17. The number of aryl methyl sites for hydroxylation is 2.